The predicted molar refractivity (Wildman–Crippen MR) is 126 cm³/mol. The molecule has 4 heteroatoms. The van der Waals surface area contributed by atoms with Gasteiger partial charge in [-0.05, 0) is 66.1 Å². The summed E-state index contributed by atoms with van der Waals surface area (Å²) in [5.74, 6) is 0.316. The maximum atomic E-state index is 9.88. The normalized spacial score (nSPS) is 11.3. The summed E-state index contributed by atoms with van der Waals surface area (Å²) in [4.78, 5) is 0. The Bertz CT molecular complexity index is 686. The van der Waals surface area contributed by atoms with Crippen molar-refractivity contribution in [3.8, 4) is 16.9 Å². The van der Waals surface area contributed by atoms with Gasteiger partial charge in [0.15, 0.2) is 0 Å². The molecule has 0 bridgehead atoms. The van der Waals surface area contributed by atoms with Crippen LogP contribution in [0.4, 0.5) is 0 Å². The molecule has 0 atom stereocenters. The second-order valence-electron chi connectivity index (χ2n) is 7.60. The molecule has 0 aliphatic carbocycles. The summed E-state index contributed by atoms with van der Waals surface area (Å²) in [5.41, 5.74) is 4.98. The molecule has 153 valence electrons. The Labute approximate surface area is 182 Å². The zero-order valence-corrected chi connectivity index (χ0v) is 19.5. The van der Waals surface area contributed by atoms with Crippen molar-refractivity contribution in [1.29, 1.82) is 0 Å². The van der Waals surface area contributed by atoms with Crippen molar-refractivity contribution in [2.45, 2.75) is 77.2 Å². The molecule has 2 rings (SSSR count). The van der Waals surface area contributed by atoms with Crippen molar-refractivity contribution >= 4 is 29.6 Å². The van der Waals surface area contributed by atoms with Crippen LogP contribution in [0, 0.1) is 0 Å². The smallest absolute Gasteiger partial charge is 0.273 e. The summed E-state index contributed by atoms with van der Waals surface area (Å²) in [5, 5.41) is 9.88. The molecule has 1 nitrogen and oxygen atoms in total. The van der Waals surface area contributed by atoms with Gasteiger partial charge in [0, 0.05) is 0 Å². The minimum Gasteiger partial charge on any atom is -0.508 e. The van der Waals surface area contributed by atoms with Crippen LogP contribution >= 0.6 is 22.2 Å². The minimum atomic E-state index is -1.23. The number of hydrogen-bond donors (Lipinski definition) is 1. The van der Waals surface area contributed by atoms with E-state index in [0.29, 0.717) is 5.75 Å². The number of rotatable bonds is 13. The molecule has 0 spiro atoms. The summed E-state index contributed by atoms with van der Waals surface area (Å²) < 4.78 is 0. The van der Waals surface area contributed by atoms with E-state index in [9.17, 15) is 5.11 Å². The third-order valence-corrected chi connectivity index (χ3v) is 7.10. The predicted octanol–water partition coefficient (Wildman–Crippen LogP) is 8.25. The fraction of sp³-hybridized carbons (Fsp3) is 0.500. The maximum absolute atomic E-state index is 9.88. The van der Waals surface area contributed by atoms with Gasteiger partial charge < -0.3 is 5.11 Å². The molecular formula is C24H33Cl2OSi. The lowest BCUT2D eigenvalue weighted by Crippen LogP contribution is -1.96. The molecule has 0 unspecified atom stereocenters. The lowest BCUT2D eigenvalue weighted by Gasteiger charge is -2.11. The number of aryl methyl sites for hydroxylation is 2. The molecule has 28 heavy (non-hydrogen) atoms. The maximum Gasteiger partial charge on any atom is 0.273 e. The van der Waals surface area contributed by atoms with E-state index in [2.05, 4.69) is 31.2 Å². The summed E-state index contributed by atoms with van der Waals surface area (Å²) in [6.45, 7) is 2.26. The highest BCUT2D eigenvalue weighted by Crippen LogP contribution is 2.29. The van der Waals surface area contributed by atoms with E-state index < -0.39 is 7.42 Å². The monoisotopic (exact) mass is 435 g/mol. The van der Waals surface area contributed by atoms with E-state index in [1.54, 1.807) is 6.07 Å². The van der Waals surface area contributed by atoms with Crippen molar-refractivity contribution in [1.82, 2.24) is 0 Å². The van der Waals surface area contributed by atoms with Crippen LogP contribution in [0.1, 0.15) is 69.4 Å². The van der Waals surface area contributed by atoms with E-state index in [0.717, 1.165) is 30.9 Å². The molecule has 2 aromatic carbocycles. The fourth-order valence-electron chi connectivity index (χ4n) is 3.62. The van der Waals surface area contributed by atoms with Crippen LogP contribution in [0.5, 0.6) is 5.75 Å². The lowest BCUT2D eigenvalue weighted by molar-refractivity contribution is 0.474. The van der Waals surface area contributed by atoms with Gasteiger partial charge in [0.25, 0.3) is 7.42 Å². The van der Waals surface area contributed by atoms with Crippen LogP contribution in [0.2, 0.25) is 6.04 Å². The molecule has 0 aliphatic heterocycles. The first-order chi connectivity index (χ1) is 13.6. The van der Waals surface area contributed by atoms with E-state index in [1.165, 1.54) is 61.6 Å². The van der Waals surface area contributed by atoms with Crippen LogP contribution in [0.15, 0.2) is 42.5 Å². The zero-order chi connectivity index (χ0) is 20.2. The van der Waals surface area contributed by atoms with Crippen molar-refractivity contribution in [2.75, 3.05) is 0 Å². The minimum absolute atomic E-state index is 0.316. The number of halogens is 2. The van der Waals surface area contributed by atoms with E-state index in [1.807, 2.05) is 12.1 Å². The van der Waals surface area contributed by atoms with Gasteiger partial charge in [0.05, 0.1) is 0 Å². The Morgan fingerprint density at radius 2 is 1.46 bits per heavy atom. The second-order valence-corrected chi connectivity index (χ2v) is 12.1. The standard InChI is InChI=1S/C24H33Cl2OSi/c1-2-3-4-5-6-7-8-10-20-12-14-21(15-13-20)24-17-16-23(27)19-22(24)11-9-18-28(25)26/h12-17,19,27H,2-11,18H2,1H3. The van der Waals surface area contributed by atoms with Gasteiger partial charge in [-0.15, -0.1) is 22.2 Å². The third kappa shape index (κ3) is 8.59. The molecule has 0 amide bonds. The van der Waals surface area contributed by atoms with Gasteiger partial charge in [-0.2, -0.15) is 0 Å². The fourth-order valence-corrected chi connectivity index (χ4v) is 4.86. The molecule has 0 saturated carbocycles. The number of phenols is 1. The van der Waals surface area contributed by atoms with Gasteiger partial charge in [0.2, 0.25) is 0 Å². The number of unbranched alkanes of at least 4 members (excludes halogenated alkanes) is 6. The molecule has 0 heterocycles. The quantitative estimate of drug-likeness (QED) is 0.190. The van der Waals surface area contributed by atoms with Crippen molar-refractivity contribution < 1.29 is 5.11 Å². The van der Waals surface area contributed by atoms with Crippen LogP contribution in [-0.2, 0) is 12.8 Å². The first-order valence-electron chi connectivity index (χ1n) is 10.7. The topological polar surface area (TPSA) is 20.2 Å². The summed E-state index contributed by atoms with van der Waals surface area (Å²) in [6, 6.07) is 15.4. The lowest BCUT2D eigenvalue weighted by atomic mass is 9.95. The van der Waals surface area contributed by atoms with E-state index >= 15 is 0 Å². The van der Waals surface area contributed by atoms with Gasteiger partial charge in [-0.3, -0.25) is 0 Å². The van der Waals surface area contributed by atoms with Gasteiger partial charge in [0.1, 0.15) is 5.75 Å². The van der Waals surface area contributed by atoms with Crippen LogP contribution in [-0.4, -0.2) is 12.5 Å². The molecule has 0 aromatic heterocycles. The van der Waals surface area contributed by atoms with Crippen LogP contribution in [0.3, 0.4) is 0 Å². The highest BCUT2D eigenvalue weighted by molar-refractivity contribution is 7.33. The first kappa shape index (κ1) is 23.3. The molecule has 0 fully saturated rings. The number of phenolic OH excluding ortho intramolecular Hbond substituents is 1. The highest BCUT2D eigenvalue weighted by atomic mass is 35.7. The average molecular weight is 437 g/mol. The number of hydrogen-bond acceptors (Lipinski definition) is 1. The SMILES string of the molecule is CCCCCCCCCc1ccc(-c2ccc(O)cc2CCC[Si](Cl)Cl)cc1. The summed E-state index contributed by atoms with van der Waals surface area (Å²) in [6.07, 6.45) is 12.4. The third-order valence-electron chi connectivity index (χ3n) is 5.23. The Kier molecular flexibility index (Phi) is 11.1. The van der Waals surface area contributed by atoms with E-state index in [4.69, 9.17) is 22.2 Å². The van der Waals surface area contributed by atoms with Crippen molar-refractivity contribution in [3.63, 3.8) is 0 Å². The molecule has 0 aliphatic rings. The first-order valence-corrected chi connectivity index (χ1v) is 14.4. The Balaban J connectivity index is 1.90. The molecule has 1 radical (unpaired) electrons. The second kappa shape index (κ2) is 13.3. The highest BCUT2D eigenvalue weighted by Gasteiger charge is 2.09. The zero-order valence-electron chi connectivity index (χ0n) is 17.0. The molecule has 2 aromatic rings. The van der Waals surface area contributed by atoms with Gasteiger partial charge >= 0.3 is 0 Å². The van der Waals surface area contributed by atoms with Crippen LogP contribution in [0.25, 0.3) is 11.1 Å². The average Bonchev–Trinajstić information content (AvgIpc) is 2.68. The van der Waals surface area contributed by atoms with E-state index in [-0.39, 0.29) is 0 Å². The van der Waals surface area contributed by atoms with Crippen molar-refractivity contribution in [2.24, 2.45) is 0 Å². The Morgan fingerprint density at radius 1 is 0.786 bits per heavy atom. The summed E-state index contributed by atoms with van der Waals surface area (Å²) in [7, 11) is -1.23. The summed E-state index contributed by atoms with van der Waals surface area (Å²) >= 11 is 11.9. The Morgan fingerprint density at radius 3 is 2.14 bits per heavy atom. The largest absolute Gasteiger partial charge is 0.508 e. The van der Waals surface area contributed by atoms with Crippen molar-refractivity contribution in [3.05, 3.63) is 53.6 Å². The molecular weight excluding hydrogens is 403 g/mol. The molecule has 1 N–H and O–H groups in total. The number of aromatic hydroxyl groups is 1. The number of benzene rings is 2. The molecule has 0 saturated heterocycles. The van der Waals surface area contributed by atoms with Crippen LogP contribution < -0.4 is 0 Å². The van der Waals surface area contributed by atoms with Gasteiger partial charge in [-0.25, -0.2) is 0 Å². The van der Waals surface area contributed by atoms with Gasteiger partial charge in [-0.1, -0.05) is 75.8 Å². The Hall–Kier alpha value is -0.963.